The van der Waals surface area contributed by atoms with Crippen LogP contribution in [0.3, 0.4) is 0 Å². The van der Waals surface area contributed by atoms with Gasteiger partial charge in [0, 0.05) is 16.5 Å². The smallest absolute Gasteiger partial charge is 0.311 e. The van der Waals surface area contributed by atoms with Crippen molar-refractivity contribution < 1.29 is 18.7 Å². The molecule has 0 saturated heterocycles. The first-order valence-corrected chi connectivity index (χ1v) is 9.46. The molecule has 0 saturated carbocycles. The Bertz CT molecular complexity index is 1000. The molecule has 1 atom stereocenters. The number of fused-ring (bicyclic) bond motifs is 1. The van der Waals surface area contributed by atoms with Crippen molar-refractivity contribution in [2.75, 3.05) is 0 Å². The highest BCUT2D eigenvalue weighted by atomic mass is 16.5. The third-order valence-electron chi connectivity index (χ3n) is 4.86. The van der Waals surface area contributed by atoms with Gasteiger partial charge in [-0.2, -0.15) is 0 Å². The summed E-state index contributed by atoms with van der Waals surface area (Å²) in [6.45, 7) is 9.95. The van der Waals surface area contributed by atoms with Crippen LogP contribution in [0.4, 0.5) is 0 Å². The molecule has 146 valence electrons. The zero-order valence-corrected chi connectivity index (χ0v) is 17.0. The van der Waals surface area contributed by atoms with Gasteiger partial charge in [-0.1, -0.05) is 57.2 Å². The Morgan fingerprint density at radius 2 is 1.75 bits per heavy atom. The van der Waals surface area contributed by atoms with E-state index in [0.29, 0.717) is 5.56 Å². The van der Waals surface area contributed by atoms with Gasteiger partial charge in [0.2, 0.25) is 5.78 Å². The van der Waals surface area contributed by atoms with E-state index in [1.54, 1.807) is 25.3 Å². The maximum Gasteiger partial charge on any atom is 0.311 e. The number of carbonyl (C=O) groups excluding carboxylic acids is 2. The zero-order valence-electron chi connectivity index (χ0n) is 17.0. The summed E-state index contributed by atoms with van der Waals surface area (Å²) >= 11 is 0. The van der Waals surface area contributed by atoms with E-state index >= 15 is 0 Å². The average molecular weight is 378 g/mol. The molecule has 0 aliphatic heterocycles. The van der Waals surface area contributed by atoms with E-state index in [1.165, 1.54) is 0 Å². The first-order chi connectivity index (χ1) is 13.1. The molecule has 4 nitrogen and oxygen atoms in total. The maximum absolute atomic E-state index is 12.6. The van der Waals surface area contributed by atoms with Gasteiger partial charge in [-0.05, 0) is 36.5 Å². The Balaban J connectivity index is 1.65. The molecular formula is C24H26O4. The van der Waals surface area contributed by atoms with E-state index in [2.05, 4.69) is 20.8 Å². The number of esters is 1. The number of hydrogen-bond donors (Lipinski definition) is 0. The summed E-state index contributed by atoms with van der Waals surface area (Å²) in [5.41, 5.74) is 4.30. The monoisotopic (exact) mass is 378 g/mol. The van der Waals surface area contributed by atoms with Crippen LogP contribution in [0, 0.1) is 6.92 Å². The number of hydrogen-bond acceptors (Lipinski definition) is 4. The predicted molar refractivity (Wildman–Crippen MR) is 110 cm³/mol. The van der Waals surface area contributed by atoms with Crippen molar-refractivity contribution in [1.82, 2.24) is 0 Å². The number of aryl methyl sites for hydroxylation is 1. The van der Waals surface area contributed by atoms with E-state index in [9.17, 15) is 9.59 Å². The van der Waals surface area contributed by atoms with E-state index in [1.807, 2.05) is 37.3 Å². The highest BCUT2D eigenvalue weighted by molar-refractivity contribution is 6.00. The summed E-state index contributed by atoms with van der Waals surface area (Å²) in [7, 11) is 0. The number of ketones is 1. The van der Waals surface area contributed by atoms with Crippen LogP contribution >= 0.6 is 0 Å². The van der Waals surface area contributed by atoms with Crippen LogP contribution in [0.1, 0.15) is 54.7 Å². The molecule has 0 aliphatic rings. The summed E-state index contributed by atoms with van der Waals surface area (Å²) in [5, 5.41) is 0.888. The number of rotatable bonds is 5. The van der Waals surface area contributed by atoms with Gasteiger partial charge in [-0.15, -0.1) is 0 Å². The lowest BCUT2D eigenvalue weighted by molar-refractivity contribution is -0.145. The molecule has 1 heterocycles. The van der Waals surface area contributed by atoms with Gasteiger partial charge < -0.3 is 9.15 Å². The van der Waals surface area contributed by atoms with Gasteiger partial charge in [-0.3, -0.25) is 9.59 Å². The van der Waals surface area contributed by atoms with Crippen LogP contribution in [-0.2, 0) is 21.4 Å². The Hall–Kier alpha value is -2.88. The Kier molecular flexibility index (Phi) is 5.41. The van der Waals surface area contributed by atoms with Gasteiger partial charge in [0.1, 0.15) is 5.58 Å². The zero-order chi connectivity index (χ0) is 20.5. The van der Waals surface area contributed by atoms with E-state index in [4.69, 9.17) is 9.15 Å². The standard InChI is InChI=1S/C24H26O4/c1-15-6-11-20-18(14-27-21(20)12-15)13-22(25)28-16(2)23(26)17-7-9-19(10-8-17)24(3,4)5/h6-12,14,16H,13H2,1-5H3/t16-/m0/s1. The highest BCUT2D eigenvalue weighted by Crippen LogP contribution is 2.24. The lowest BCUT2D eigenvalue weighted by Crippen LogP contribution is -2.25. The number of ether oxygens (including phenoxy) is 1. The van der Waals surface area contributed by atoms with Crippen LogP contribution in [0.25, 0.3) is 11.0 Å². The van der Waals surface area contributed by atoms with Crippen LogP contribution < -0.4 is 0 Å². The van der Waals surface area contributed by atoms with Crippen LogP contribution in [0.2, 0.25) is 0 Å². The molecule has 4 heteroatoms. The topological polar surface area (TPSA) is 56.5 Å². The van der Waals surface area contributed by atoms with Crippen LogP contribution in [-0.4, -0.2) is 17.9 Å². The molecular weight excluding hydrogens is 352 g/mol. The fourth-order valence-corrected chi connectivity index (χ4v) is 3.14. The Labute approximate surface area is 165 Å². The van der Waals surface area contributed by atoms with Gasteiger partial charge in [0.15, 0.2) is 6.10 Å². The van der Waals surface area contributed by atoms with Gasteiger partial charge >= 0.3 is 5.97 Å². The predicted octanol–water partition coefficient (Wildman–Crippen LogP) is 5.40. The second kappa shape index (κ2) is 7.63. The number of furan rings is 1. The van der Waals surface area contributed by atoms with Crippen molar-refractivity contribution in [2.24, 2.45) is 0 Å². The molecule has 2 aromatic carbocycles. The lowest BCUT2D eigenvalue weighted by Gasteiger charge is -2.19. The second-order valence-electron chi connectivity index (χ2n) is 8.26. The van der Waals surface area contributed by atoms with Crippen LogP contribution in [0.15, 0.2) is 53.1 Å². The molecule has 0 fully saturated rings. The molecule has 0 bridgehead atoms. The first kappa shape index (κ1) is 19.9. The second-order valence-corrected chi connectivity index (χ2v) is 8.26. The molecule has 0 aliphatic carbocycles. The summed E-state index contributed by atoms with van der Waals surface area (Å²) in [6, 6.07) is 13.3. The first-order valence-electron chi connectivity index (χ1n) is 9.46. The van der Waals surface area contributed by atoms with E-state index in [-0.39, 0.29) is 17.6 Å². The minimum atomic E-state index is -0.839. The minimum absolute atomic E-state index is 0.0194. The minimum Gasteiger partial charge on any atom is -0.464 e. The number of carbonyl (C=O) groups is 2. The van der Waals surface area contributed by atoms with E-state index < -0.39 is 12.1 Å². The van der Waals surface area contributed by atoms with Gasteiger partial charge in [0.05, 0.1) is 12.7 Å². The summed E-state index contributed by atoms with van der Waals surface area (Å²) in [5.74, 6) is -0.656. The maximum atomic E-state index is 12.6. The van der Waals surface area contributed by atoms with Crippen molar-refractivity contribution >= 4 is 22.7 Å². The van der Waals surface area contributed by atoms with Crippen LogP contribution in [0.5, 0.6) is 0 Å². The van der Waals surface area contributed by atoms with E-state index in [0.717, 1.165) is 27.7 Å². The molecule has 0 radical (unpaired) electrons. The van der Waals surface area contributed by atoms with Crippen molar-refractivity contribution in [3.8, 4) is 0 Å². The largest absolute Gasteiger partial charge is 0.464 e. The average Bonchev–Trinajstić information content (AvgIpc) is 3.02. The lowest BCUT2D eigenvalue weighted by atomic mass is 9.86. The van der Waals surface area contributed by atoms with Gasteiger partial charge in [-0.25, -0.2) is 0 Å². The molecule has 0 unspecified atom stereocenters. The van der Waals surface area contributed by atoms with Crippen molar-refractivity contribution in [3.05, 3.63) is 71.0 Å². The van der Waals surface area contributed by atoms with Crippen molar-refractivity contribution in [2.45, 2.75) is 52.6 Å². The quantitative estimate of drug-likeness (QED) is 0.441. The number of benzene rings is 2. The molecule has 0 amide bonds. The Morgan fingerprint density at radius 1 is 1.07 bits per heavy atom. The van der Waals surface area contributed by atoms with Crippen molar-refractivity contribution in [1.29, 1.82) is 0 Å². The molecule has 1 aromatic heterocycles. The molecule has 3 aromatic rings. The van der Waals surface area contributed by atoms with Gasteiger partial charge in [0.25, 0.3) is 0 Å². The third-order valence-corrected chi connectivity index (χ3v) is 4.86. The molecule has 0 N–H and O–H groups in total. The molecule has 0 spiro atoms. The summed E-state index contributed by atoms with van der Waals surface area (Å²) < 4.78 is 10.9. The van der Waals surface area contributed by atoms with Crippen molar-refractivity contribution in [3.63, 3.8) is 0 Å². The fraction of sp³-hybridized carbons (Fsp3) is 0.333. The Morgan fingerprint density at radius 3 is 2.39 bits per heavy atom. The SMILES string of the molecule is Cc1ccc2c(CC(=O)O[C@@H](C)C(=O)c3ccc(C(C)(C)C)cc3)coc2c1. The molecule has 28 heavy (non-hydrogen) atoms. The fourth-order valence-electron chi connectivity index (χ4n) is 3.14. The number of Topliss-reactive ketones (excluding diaryl/α,β-unsaturated/α-hetero) is 1. The third kappa shape index (κ3) is 4.33. The highest BCUT2D eigenvalue weighted by Gasteiger charge is 2.21. The summed E-state index contributed by atoms with van der Waals surface area (Å²) in [6.07, 6.45) is 0.799. The summed E-state index contributed by atoms with van der Waals surface area (Å²) in [4.78, 5) is 24.9. The molecule has 3 rings (SSSR count). The normalized spacial score (nSPS) is 12.8.